The molecule has 0 radical (unpaired) electrons. The zero-order valence-electron chi connectivity index (χ0n) is 17.3. The van der Waals surface area contributed by atoms with Crippen LogP contribution >= 0.6 is 0 Å². The number of benzene rings is 2. The lowest BCUT2D eigenvalue weighted by Gasteiger charge is -2.20. The van der Waals surface area contributed by atoms with Crippen LogP contribution in [0.15, 0.2) is 54.6 Å². The SMILES string of the molecule is CCCc1ccc(C(=O)COC(=O)[C@@H](NC(=O)Cc2ccccc2)C(C)C)cc1. The summed E-state index contributed by atoms with van der Waals surface area (Å²) in [6, 6.07) is 15.8. The number of esters is 1. The van der Waals surface area contributed by atoms with E-state index in [0.29, 0.717) is 5.56 Å². The Morgan fingerprint density at radius 3 is 2.17 bits per heavy atom. The molecule has 1 amide bonds. The highest BCUT2D eigenvalue weighted by Crippen LogP contribution is 2.10. The molecule has 1 atom stereocenters. The van der Waals surface area contributed by atoms with Crippen molar-refractivity contribution in [3.63, 3.8) is 0 Å². The molecular weight excluding hydrogens is 366 g/mol. The van der Waals surface area contributed by atoms with Crippen LogP contribution in [0.2, 0.25) is 0 Å². The van der Waals surface area contributed by atoms with Crippen molar-refractivity contribution in [2.24, 2.45) is 5.92 Å². The predicted molar refractivity (Wildman–Crippen MR) is 113 cm³/mol. The third-order valence-corrected chi connectivity index (χ3v) is 4.60. The van der Waals surface area contributed by atoms with Gasteiger partial charge in [-0.15, -0.1) is 0 Å². The minimum absolute atomic E-state index is 0.161. The van der Waals surface area contributed by atoms with E-state index < -0.39 is 12.0 Å². The second kappa shape index (κ2) is 11.1. The van der Waals surface area contributed by atoms with Gasteiger partial charge in [0.25, 0.3) is 0 Å². The average Bonchev–Trinajstić information content (AvgIpc) is 2.71. The van der Waals surface area contributed by atoms with Crippen LogP contribution in [0.3, 0.4) is 0 Å². The van der Waals surface area contributed by atoms with Crippen LogP contribution in [-0.2, 0) is 27.2 Å². The Balaban J connectivity index is 1.89. The molecule has 0 aliphatic heterocycles. The summed E-state index contributed by atoms with van der Waals surface area (Å²) in [6.07, 6.45) is 2.18. The molecule has 0 aliphatic rings. The molecule has 0 saturated carbocycles. The van der Waals surface area contributed by atoms with Gasteiger partial charge in [-0.25, -0.2) is 4.79 Å². The fourth-order valence-electron chi connectivity index (χ4n) is 2.96. The lowest BCUT2D eigenvalue weighted by atomic mass is 10.0. The molecule has 0 aromatic heterocycles. The largest absolute Gasteiger partial charge is 0.456 e. The van der Waals surface area contributed by atoms with Crippen molar-refractivity contribution >= 4 is 17.7 Å². The Kier molecular flexibility index (Phi) is 8.59. The van der Waals surface area contributed by atoms with Gasteiger partial charge in [0.2, 0.25) is 5.91 Å². The number of nitrogens with one attached hydrogen (secondary N) is 1. The summed E-state index contributed by atoms with van der Waals surface area (Å²) in [6.45, 7) is 5.40. The number of carbonyl (C=O) groups is 3. The number of hydrogen-bond acceptors (Lipinski definition) is 4. The minimum atomic E-state index is -0.800. The first-order valence-corrected chi connectivity index (χ1v) is 10.0. The Hall–Kier alpha value is -2.95. The van der Waals surface area contributed by atoms with Crippen LogP contribution in [0.4, 0.5) is 0 Å². The van der Waals surface area contributed by atoms with Crippen molar-refractivity contribution in [1.29, 1.82) is 0 Å². The summed E-state index contributed by atoms with van der Waals surface area (Å²) < 4.78 is 5.21. The maximum absolute atomic E-state index is 12.5. The molecule has 2 rings (SSSR count). The number of hydrogen-bond donors (Lipinski definition) is 1. The van der Waals surface area contributed by atoms with Crippen LogP contribution in [0.5, 0.6) is 0 Å². The molecule has 1 N–H and O–H groups in total. The van der Waals surface area contributed by atoms with E-state index in [1.54, 1.807) is 12.1 Å². The Labute approximate surface area is 172 Å². The number of ketones is 1. The molecule has 29 heavy (non-hydrogen) atoms. The molecule has 0 spiro atoms. The molecule has 0 saturated heterocycles. The quantitative estimate of drug-likeness (QED) is 0.491. The monoisotopic (exact) mass is 395 g/mol. The van der Waals surface area contributed by atoms with E-state index in [0.717, 1.165) is 18.4 Å². The maximum atomic E-state index is 12.5. The van der Waals surface area contributed by atoms with Crippen molar-refractivity contribution in [2.75, 3.05) is 6.61 Å². The van der Waals surface area contributed by atoms with Crippen LogP contribution < -0.4 is 5.32 Å². The smallest absolute Gasteiger partial charge is 0.329 e. The highest BCUT2D eigenvalue weighted by molar-refractivity contribution is 5.98. The highest BCUT2D eigenvalue weighted by Gasteiger charge is 2.26. The summed E-state index contributed by atoms with van der Waals surface area (Å²) >= 11 is 0. The van der Waals surface area contributed by atoms with E-state index in [4.69, 9.17) is 4.74 Å². The molecule has 2 aromatic carbocycles. The van der Waals surface area contributed by atoms with E-state index in [1.807, 2.05) is 56.3 Å². The lowest BCUT2D eigenvalue weighted by molar-refractivity contribution is -0.148. The highest BCUT2D eigenvalue weighted by atomic mass is 16.5. The first-order chi connectivity index (χ1) is 13.9. The number of carbonyl (C=O) groups excluding carboxylic acids is 3. The van der Waals surface area contributed by atoms with E-state index in [1.165, 1.54) is 5.56 Å². The second-order valence-electron chi connectivity index (χ2n) is 7.43. The number of aryl methyl sites for hydroxylation is 1. The number of amides is 1. The van der Waals surface area contributed by atoms with E-state index in [9.17, 15) is 14.4 Å². The van der Waals surface area contributed by atoms with Crippen LogP contribution in [-0.4, -0.2) is 30.3 Å². The van der Waals surface area contributed by atoms with Gasteiger partial charge in [-0.2, -0.15) is 0 Å². The molecule has 0 aliphatic carbocycles. The molecule has 0 heterocycles. The molecule has 0 unspecified atom stereocenters. The van der Waals surface area contributed by atoms with Gasteiger partial charge in [-0.1, -0.05) is 81.8 Å². The summed E-state index contributed by atoms with van der Waals surface area (Å²) in [4.78, 5) is 37.1. The van der Waals surface area contributed by atoms with E-state index in [2.05, 4.69) is 12.2 Å². The van der Waals surface area contributed by atoms with Gasteiger partial charge in [-0.05, 0) is 23.5 Å². The van der Waals surface area contributed by atoms with E-state index >= 15 is 0 Å². The minimum Gasteiger partial charge on any atom is -0.456 e. The summed E-state index contributed by atoms with van der Waals surface area (Å²) in [5.74, 6) is -1.28. The summed E-state index contributed by atoms with van der Waals surface area (Å²) in [5, 5.41) is 2.72. The molecule has 2 aromatic rings. The number of ether oxygens (including phenoxy) is 1. The Bertz CT molecular complexity index is 813. The van der Waals surface area contributed by atoms with Gasteiger partial charge >= 0.3 is 5.97 Å². The standard InChI is InChI=1S/C24H29NO4/c1-4-8-18-11-13-20(14-12-18)21(26)16-29-24(28)23(17(2)3)25-22(27)15-19-9-6-5-7-10-19/h5-7,9-14,17,23H,4,8,15-16H2,1-3H3,(H,25,27)/t23-/m0/s1. The summed E-state index contributed by atoms with van der Waals surface area (Å²) in [7, 11) is 0. The van der Waals surface area contributed by atoms with Crippen molar-refractivity contribution in [3.8, 4) is 0 Å². The Morgan fingerprint density at radius 2 is 1.59 bits per heavy atom. The van der Waals surface area contributed by atoms with Crippen molar-refractivity contribution in [2.45, 2.75) is 46.1 Å². The maximum Gasteiger partial charge on any atom is 0.329 e. The third kappa shape index (κ3) is 7.18. The van der Waals surface area contributed by atoms with Crippen LogP contribution in [0.25, 0.3) is 0 Å². The van der Waals surface area contributed by atoms with Crippen LogP contribution in [0, 0.1) is 5.92 Å². The zero-order chi connectivity index (χ0) is 21.2. The average molecular weight is 395 g/mol. The molecule has 5 heteroatoms. The molecule has 0 fully saturated rings. The predicted octanol–water partition coefficient (Wildman–Crippen LogP) is 3.75. The third-order valence-electron chi connectivity index (χ3n) is 4.60. The number of Topliss-reactive ketones (excluding diaryl/α,β-unsaturated/α-hetero) is 1. The van der Waals surface area contributed by atoms with Gasteiger partial charge in [0, 0.05) is 5.56 Å². The van der Waals surface area contributed by atoms with Crippen molar-refractivity contribution < 1.29 is 19.1 Å². The summed E-state index contributed by atoms with van der Waals surface area (Å²) in [5.41, 5.74) is 2.54. The molecule has 5 nitrogen and oxygen atoms in total. The van der Waals surface area contributed by atoms with Gasteiger partial charge in [-0.3, -0.25) is 9.59 Å². The van der Waals surface area contributed by atoms with Gasteiger partial charge < -0.3 is 10.1 Å². The first kappa shape index (κ1) is 22.3. The zero-order valence-corrected chi connectivity index (χ0v) is 17.3. The topological polar surface area (TPSA) is 72.5 Å². The molecular formula is C24H29NO4. The normalized spacial score (nSPS) is 11.7. The second-order valence-corrected chi connectivity index (χ2v) is 7.43. The lowest BCUT2D eigenvalue weighted by Crippen LogP contribution is -2.46. The fourth-order valence-corrected chi connectivity index (χ4v) is 2.96. The van der Waals surface area contributed by atoms with Crippen molar-refractivity contribution in [1.82, 2.24) is 5.32 Å². The molecule has 154 valence electrons. The molecule has 0 bridgehead atoms. The first-order valence-electron chi connectivity index (χ1n) is 10.0. The van der Waals surface area contributed by atoms with Gasteiger partial charge in [0.15, 0.2) is 12.4 Å². The number of rotatable bonds is 10. The van der Waals surface area contributed by atoms with Gasteiger partial charge in [0.05, 0.1) is 6.42 Å². The van der Waals surface area contributed by atoms with Crippen molar-refractivity contribution in [3.05, 3.63) is 71.3 Å². The van der Waals surface area contributed by atoms with Crippen LogP contribution in [0.1, 0.15) is 48.7 Å². The van der Waals surface area contributed by atoms with Gasteiger partial charge in [0.1, 0.15) is 6.04 Å². The van der Waals surface area contributed by atoms with E-state index in [-0.39, 0.29) is 30.6 Å². The Morgan fingerprint density at radius 1 is 0.931 bits per heavy atom. The fraction of sp³-hybridized carbons (Fsp3) is 0.375.